The average molecular weight is 359 g/mol. The lowest BCUT2D eigenvalue weighted by Crippen LogP contribution is -2.48. The minimum Gasteiger partial charge on any atom is -0.481 e. The topological polar surface area (TPSA) is 115 Å². The zero-order valence-electron chi connectivity index (χ0n) is 14.3. The maximum atomic E-state index is 12.0. The van der Waals surface area contributed by atoms with E-state index in [1.54, 1.807) is 12.1 Å². The Hall–Kier alpha value is -2.67. The van der Waals surface area contributed by atoms with Gasteiger partial charge in [0.15, 0.2) is 0 Å². The van der Waals surface area contributed by atoms with Gasteiger partial charge in [0.25, 0.3) is 0 Å². The summed E-state index contributed by atoms with van der Waals surface area (Å²) in [6, 6.07) is 6.00. The summed E-state index contributed by atoms with van der Waals surface area (Å²) in [6.07, 6.45) is 2.60. The molecule has 3 N–H and O–H groups in total. The van der Waals surface area contributed by atoms with E-state index >= 15 is 0 Å². The standard InChI is InChI=1S/C19H21NO6/c1-20-7-6-12-8-13(10-2-4-11(5-3-10)17(21)22)15(18(23)24)16(19(25)26)14(12)9-20/h2-5,8,13-16H,6-7,9H2,1H3,(H,21,22)(H,23,24)(H,25,26). The maximum absolute atomic E-state index is 12.0. The minimum atomic E-state index is -1.15. The predicted molar refractivity (Wildman–Crippen MR) is 92.1 cm³/mol. The summed E-state index contributed by atoms with van der Waals surface area (Å²) in [5, 5.41) is 28.6. The van der Waals surface area contributed by atoms with Crippen LogP contribution in [-0.2, 0) is 9.59 Å². The molecule has 0 saturated carbocycles. The third-order valence-electron chi connectivity index (χ3n) is 5.48. The predicted octanol–water partition coefficient (Wildman–Crippen LogP) is 1.76. The second-order valence-electron chi connectivity index (χ2n) is 7.04. The molecule has 1 aromatic carbocycles. The number of rotatable bonds is 4. The molecule has 1 saturated heterocycles. The Kier molecular flexibility index (Phi) is 4.82. The molecule has 0 aromatic heterocycles. The van der Waals surface area contributed by atoms with Gasteiger partial charge in [-0.2, -0.15) is 0 Å². The first-order valence-electron chi connectivity index (χ1n) is 8.47. The number of hydrogen-bond donors (Lipinski definition) is 3. The Morgan fingerprint density at radius 1 is 1.00 bits per heavy atom. The average Bonchev–Trinajstić information content (AvgIpc) is 2.59. The summed E-state index contributed by atoms with van der Waals surface area (Å²) in [4.78, 5) is 37.0. The number of carboxylic acid groups (broad SMARTS) is 3. The molecule has 4 atom stereocenters. The van der Waals surface area contributed by atoms with Crippen molar-refractivity contribution < 1.29 is 29.7 Å². The first kappa shape index (κ1) is 18.1. The van der Waals surface area contributed by atoms with E-state index in [0.717, 1.165) is 12.1 Å². The van der Waals surface area contributed by atoms with Crippen molar-refractivity contribution in [1.82, 2.24) is 4.90 Å². The Balaban J connectivity index is 2.07. The van der Waals surface area contributed by atoms with Crippen LogP contribution in [0, 0.1) is 17.8 Å². The molecule has 0 spiro atoms. The van der Waals surface area contributed by atoms with E-state index in [9.17, 15) is 24.6 Å². The second-order valence-corrected chi connectivity index (χ2v) is 7.04. The molecule has 0 amide bonds. The Morgan fingerprint density at radius 3 is 2.15 bits per heavy atom. The number of benzene rings is 1. The van der Waals surface area contributed by atoms with Gasteiger partial charge in [-0.15, -0.1) is 0 Å². The van der Waals surface area contributed by atoms with Crippen LogP contribution in [-0.4, -0.2) is 58.3 Å². The summed E-state index contributed by atoms with van der Waals surface area (Å²) in [5.74, 6) is -6.33. The molecule has 1 fully saturated rings. The van der Waals surface area contributed by atoms with Crippen molar-refractivity contribution in [1.29, 1.82) is 0 Å². The van der Waals surface area contributed by atoms with E-state index in [-0.39, 0.29) is 11.5 Å². The smallest absolute Gasteiger partial charge is 0.335 e. The number of allylic oxidation sites excluding steroid dienone is 1. The van der Waals surface area contributed by atoms with Gasteiger partial charge in [-0.1, -0.05) is 23.8 Å². The van der Waals surface area contributed by atoms with Gasteiger partial charge >= 0.3 is 17.9 Å². The van der Waals surface area contributed by atoms with Crippen molar-refractivity contribution >= 4 is 17.9 Å². The lowest BCUT2D eigenvalue weighted by molar-refractivity contribution is -0.157. The van der Waals surface area contributed by atoms with Crippen LogP contribution in [0.1, 0.15) is 28.3 Å². The van der Waals surface area contributed by atoms with Gasteiger partial charge in [-0.3, -0.25) is 9.59 Å². The van der Waals surface area contributed by atoms with E-state index < -0.39 is 35.7 Å². The van der Waals surface area contributed by atoms with Gasteiger partial charge in [0.05, 0.1) is 17.4 Å². The monoisotopic (exact) mass is 359 g/mol. The Labute approximate surface area is 150 Å². The molecular weight excluding hydrogens is 338 g/mol. The molecule has 3 rings (SSSR count). The van der Waals surface area contributed by atoms with Crippen molar-refractivity contribution in [2.45, 2.75) is 12.3 Å². The minimum absolute atomic E-state index is 0.107. The van der Waals surface area contributed by atoms with E-state index in [0.29, 0.717) is 18.5 Å². The number of piperidine rings is 1. The zero-order chi connectivity index (χ0) is 19.0. The van der Waals surface area contributed by atoms with Crippen LogP contribution >= 0.6 is 0 Å². The van der Waals surface area contributed by atoms with Crippen LogP contribution < -0.4 is 0 Å². The second kappa shape index (κ2) is 6.92. The van der Waals surface area contributed by atoms with Crippen molar-refractivity contribution in [3.8, 4) is 0 Å². The van der Waals surface area contributed by atoms with Crippen molar-refractivity contribution in [2.24, 2.45) is 17.8 Å². The van der Waals surface area contributed by atoms with Gasteiger partial charge in [-0.05, 0) is 31.2 Å². The van der Waals surface area contributed by atoms with E-state index in [2.05, 4.69) is 0 Å². The van der Waals surface area contributed by atoms with E-state index in [1.165, 1.54) is 12.1 Å². The molecular formula is C19H21NO6. The third kappa shape index (κ3) is 3.22. The fraction of sp³-hybridized carbons (Fsp3) is 0.421. The van der Waals surface area contributed by atoms with Gasteiger partial charge in [-0.25, -0.2) is 4.79 Å². The maximum Gasteiger partial charge on any atom is 0.335 e. The van der Waals surface area contributed by atoms with Crippen LogP contribution in [0.2, 0.25) is 0 Å². The van der Waals surface area contributed by atoms with Crippen LogP contribution in [0.25, 0.3) is 0 Å². The number of carboxylic acids is 3. The van der Waals surface area contributed by atoms with Crippen LogP contribution in [0.15, 0.2) is 35.9 Å². The van der Waals surface area contributed by atoms with Gasteiger partial charge < -0.3 is 20.2 Å². The van der Waals surface area contributed by atoms with E-state index in [4.69, 9.17) is 5.11 Å². The van der Waals surface area contributed by atoms with Gasteiger partial charge in [0, 0.05) is 24.9 Å². The van der Waals surface area contributed by atoms with Crippen LogP contribution in [0.4, 0.5) is 0 Å². The van der Waals surface area contributed by atoms with Crippen LogP contribution in [0.5, 0.6) is 0 Å². The highest BCUT2D eigenvalue weighted by atomic mass is 16.4. The molecule has 1 aliphatic heterocycles. The van der Waals surface area contributed by atoms with Gasteiger partial charge in [0.2, 0.25) is 0 Å². The fourth-order valence-electron chi connectivity index (χ4n) is 4.19. The highest BCUT2D eigenvalue weighted by Crippen LogP contribution is 2.46. The number of fused-ring (bicyclic) bond motifs is 1. The molecule has 1 heterocycles. The molecule has 1 aliphatic carbocycles. The molecule has 138 valence electrons. The van der Waals surface area contributed by atoms with Crippen molar-refractivity contribution in [2.75, 3.05) is 20.1 Å². The summed E-state index contributed by atoms with van der Waals surface area (Å²) in [7, 11) is 1.90. The van der Waals surface area contributed by atoms with Crippen LogP contribution in [0.3, 0.4) is 0 Å². The number of hydrogen-bond acceptors (Lipinski definition) is 4. The third-order valence-corrected chi connectivity index (χ3v) is 5.48. The fourth-order valence-corrected chi connectivity index (χ4v) is 4.19. The lowest BCUT2D eigenvalue weighted by atomic mass is 9.63. The number of carbonyl (C=O) groups is 3. The molecule has 1 aromatic rings. The summed E-state index contributed by atoms with van der Waals surface area (Å²) >= 11 is 0. The largest absolute Gasteiger partial charge is 0.481 e. The number of aliphatic carboxylic acids is 2. The molecule has 4 unspecified atom stereocenters. The molecule has 7 nitrogen and oxygen atoms in total. The molecule has 0 bridgehead atoms. The van der Waals surface area contributed by atoms with Crippen molar-refractivity contribution in [3.63, 3.8) is 0 Å². The molecule has 26 heavy (non-hydrogen) atoms. The molecule has 7 heteroatoms. The molecule has 0 radical (unpaired) electrons. The quantitative estimate of drug-likeness (QED) is 0.702. The Morgan fingerprint density at radius 2 is 1.62 bits per heavy atom. The highest BCUT2D eigenvalue weighted by molar-refractivity contribution is 5.87. The SMILES string of the molecule is CN1CCC2=CC(c3ccc(C(=O)O)cc3)C(C(=O)O)C(C(=O)O)C2C1. The Bertz CT molecular complexity index is 769. The lowest BCUT2D eigenvalue weighted by Gasteiger charge is -2.43. The number of aromatic carboxylic acids is 1. The summed E-state index contributed by atoms with van der Waals surface area (Å²) in [6.45, 7) is 1.33. The zero-order valence-corrected chi connectivity index (χ0v) is 14.3. The highest BCUT2D eigenvalue weighted by Gasteiger charge is 2.49. The van der Waals surface area contributed by atoms with E-state index in [1.807, 2.05) is 18.0 Å². The normalized spacial score (nSPS) is 28.7. The number of nitrogens with zero attached hydrogens (tertiary/aromatic N) is 1. The first-order valence-corrected chi connectivity index (χ1v) is 8.47. The molecule has 2 aliphatic rings. The van der Waals surface area contributed by atoms with Crippen molar-refractivity contribution in [3.05, 3.63) is 47.0 Å². The van der Waals surface area contributed by atoms with Gasteiger partial charge in [0.1, 0.15) is 0 Å². The summed E-state index contributed by atoms with van der Waals surface area (Å²) < 4.78 is 0. The number of likely N-dealkylation sites (tertiary alicyclic amines) is 1. The summed E-state index contributed by atoms with van der Waals surface area (Å²) in [5.41, 5.74) is 1.72. The first-order chi connectivity index (χ1) is 12.3.